The van der Waals surface area contributed by atoms with Crippen LogP contribution >= 0.6 is 11.6 Å². The van der Waals surface area contributed by atoms with E-state index in [1.807, 2.05) is 0 Å². The number of benzene rings is 1. The van der Waals surface area contributed by atoms with Gasteiger partial charge in [0, 0.05) is 6.07 Å². The molecule has 4 aromatic rings. The zero-order chi connectivity index (χ0) is 22.3. The first-order chi connectivity index (χ1) is 14.6. The van der Waals surface area contributed by atoms with Crippen molar-refractivity contribution in [3.05, 3.63) is 63.6 Å². The molecule has 0 fully saturated rings. The highest BCUT2D eigenvalue weighted by atomic mass is 35.5. The number of imidazole rings is 1. The first kappa shape index (κ1) is 20.9. The molecule has 1 N–H and O–H groups in total. The molecule has 4 rings (SSSR count). The van der Waals surface area contributed by atoms with E-state index in [9.17, 15) is 18.0 Å². The number of hydrogen-bond acceptors (Lipinski definition) is 5. The molecule has 12 heteroatoms. The van der Waals surface area contributed by atoms with Gasteiger partial charge in [-0.15, -0.1) is 0 Å². The topological polar surface area (TPSA) is 90.6 Å². The Morgan fingerprint density at radius 3 is 2.58 bits per heavy atom. The van der Waals surface area contributed by atoms with E-state index in [2.05, 4.69) is 20.1 Å². The molecule has 8 nitrogen and oxygen atoms in total. The molecular weight excluding hydrogens is 437 g/mol. The summed E-state index contributed by atoms with van der Waals surface area (Å²) < 4.78 is 47.3. The van der Waals surface area contributed by atoms with Gasteiger partial charge in [0.1, 0.15) is 5.52 Å². The van der Waals surface area contributed by atoms with E-state index in [-0.39, 0.29) is 29.5 Å². The maximum Gasteiger partial charge on any atom is 0.435 e. The third-order valence-electron chi connectivity index (χ3n) is 4.33. The van der Waals surface area contributed by atoms with Gasteiger partial charge < -0.3 is 9.72 Å². The molecule has 3 heterocycles. The molecule has 0 aliphatic carbocycles. The van der Waals surface area contributed by atoms with Crippen molar-refractivity contribution < 1.29 is 17.9 Å². The number of aromatic amines is 1. The first-order valence-electron chi connectivity index (χ1n) is 9.16. The fourth-order valence-corrected chi connectivity index (χ4v) is 3.14. The standard InChI is InChI=1S/C19H16ClF3N6O2/c1-10(2)31-15-7-14(19(21,22)23)27-29(15)12-5-3-11(4-6-12)9-28-16-13(25-18(28)30)8-24-17(20)26-16/h3-8,10H,9H2,1-2H3,(H,25,30). The Labute approximate surface area is 178 Å². The van der Waals surface area contributed by atoms with Crippen molar-refractivity contribution >= 4 is 22.8 Å². The Kier molecular flexibility index (Phi) is 5.21. The zero-order valence-electron chi connectivity index (χ0n) is 16.3. The van der Waals surface area contributed by atoms with Crippen LogP contribution in [-0.4, -0.2) is 35.4 Å². The minimum Gasteiger partial charge on any atom is -0.475 e. The molecule has 0 spiro atoms. The van der Waals surface area contributed by atoms with E-state index in [1.165, 1.54) is 10.8 Å². The number of ether oxygens (including phenoxy) is 1. The summed E-state index contributed by atoms with van der Waals surface area (Å²) in [7, 11) is 0. The molecule has 0 unspecified atom stereocenters. The summed E-state index contributed by atoms with van der Waals surface area (Å²) in [4.78, 5) is 22.8. The van der Waals surface area contributed by atoms with Gasteiger partial charge in [-0.05, 0) is 43.1 Å². The minimum atomic E-state index is -4.60. The Bertz CT molecular complexity index is 1290. The lowest BCUT2D eigenvalue weighted by molar-refractivity contribution is -0.141. The Morgan fingerprint density at radius 2 is 1.94 bits per heavy atom. The molecule has 0 amide bonds. The number of aromatic nitrogens is 6. The number of hydrogen-bond donors (Lipinski definition) is 1. The lowest BCUT2D eigenvalue weighted by Gasteiger charge is -2.12. The van der Waals surface area contributed by atoms with E-state index in [0.717, 1.165) is 16.3 Å². The van der Waals surface area contributed by atoms with Crippen molar-refractivity contribution in [2.75, 3.05) is 0 Å². The number of alkyl halides is 3. The largest absolute Gasteiger partial charge is 0.475 e. The van der Waals surface area contributed by atoms with Crippen molar-refractivity contribution in [3.8, 4) is 11.6 Å². The van der Waals surface area contributed by atoms with Crippen LogP contribution in [0.25, 0.3) is 16.9 Å². The fraction of sp³-hybridized carbons (Fsp3) is 0.263. The summed E-state index contributed by atoms with van der Waals surface area (Å²) in [5, 5.41) is 3.66. The molecule has 0 aliphatic heterocycles. The molecule has 162 valence electrons. The number of nitrogens with one attached hydrogen (secondary N) is 1. The molecule has 1 aromatic carbocycles. The van der Waals surface area contributed by atoms with Crippen molar-refractivity contribution in [1.82, 2.24) is 29.3 Å². The fourth-order valence-electron chi connectivity index (χ4n) is 3.01. The van der Waals surface area contributed by atoms with E-state index in [1.54, 1.807) is 38.1 Å². The second-order valence-corrected chi connectivity index (χ2v) is 7.34. The lowest BCUT2D eigenvalue weighted by atomic mass is 10.2. The third kappa shape index (κ3) is 4.26. The van der Waals surface area contributed by atoms with Gasteiger partial charge in [-0.1, -0.05) is 12.1 Å². The van der Waals surface area contributed by atoms with E-state index in [0.29, 0.717) is 16.9 Å². The summed E-state index contributed by atoms with van der Waals surface area (Å²) in [6, 6.07) is 7.41. The van der Waals surface area contributed by atoms with Crippen LogP contribution in [0.4, 0.5) is 13.2 Å². The average molecular weight is 453 g/mol. The predicted octanol–water partition coefficient (Wildman–Crippen LogP) is 3.81. The SMILES string of the molecule is CC(C)Oc1cc(C(F)(F)F)nn1-c1ccc(Cn2c(=O)[nH]c3cnc(Cl)nc32)cc1. The minimum absolute atomic E-state index is 0.00688. The van der Waals surface area contributed by atoms with Gasteiger partial charge >= 0.3 is 11.9 Å². The van der Waals surface area contributed by atoms with Crippen LogP contribution in [0.2, 0.25) is 5.28 Å². The predicted molar refractivity (Wildman–Crippen MR) is 107 cm³/mol. The molecule has 0 bridgehead atoms. The number of H-pyrrole nitrogens is 1. The van der Waals surface area contributed by atoms with E-state index < -0.39 is 11.9 Å². The molecular formula is C19H16ClF3N6O2. The van der Waals surface area contributed by atoms with Crippen LogP contribution in [0.3, 0.4) is 0 Å². The van der Waals surface area contributed by atoms with Crippen LogP contribution < -0.4 is 10.4 Å². The Balaban J connectivity index is 1.67. The van der Waals surface area contributed by atoms with Crippen molar-refractivity contribution in [1.29, 1.82) is 0 Å². The Morgan fingerprint density at radius 1 is 1.23 bits per heavy atom. The van der Waals surface area contributed by atoms with Gasteiger partial charge in [0.25, 0.3) is 0 Å². The second kappa shape index (κ2) is 7.73. The quantitative estimate of drug-likeness (QED) is 0.465. The van der Waals surface area contributed by atoms with Crippen LogP contribution in [0.5, 0.6) is 5.88 Å². The maximum absolute atomic E-state index is 13.1. The average Bonchev–Trinajstić information content (AvgIpc) is 3.23. The summed E-state index contributed by atoms with van der Waals surface area (Å²) in [5.74, 6) is -0.0192. The number of nitrogens with zero attached hydrogens (tertiary/aromatic N) is 5. The molecule has 3 aromatic heterocycles. The van der Waals surface area contributed by atoms with E-state index >= 15 is 0 Å². The van der Waals surface area contributed by atoms with E-state index in [4.69, 9.17) is 16.3 Å². The van der Waals surface area contributed by atoms with Crippen LogP contribution in [-0.2, 0) is 12.7 Å². The normalized spacial score (nSPS) is 12.1. The van der Waals surface area contributed by atoms with Gasteiger partial charge in [-0.2, -0.15) is 23.3 Å². The highest BCUT2D eigenvalue weighted by molar-refractivity contribution is 6.28. The number of fused-ring (bicyclic) bond motifs is 1. The van der Waals surface area contributed by atoms with Crippen molar-refractivity contribution in [2.24, 2.45) is 0 Å². The first-order valence-corrected chi connectivity index (χ1v) is 9.54. The molecule has 31 heavy (non-hydrogen) atoms. The van der Waals surface area contributed by atoms with Crippen LogP contribution in [0, 0.1) is 0 Å². The summed E-state index contributed by atoms with van der Waals surface area (Å²) in [5.41, 5.74) is 0.461. The zero-order valence-corrected chi connectivity index (χ0v) is 17.1. The second-order valence-electron chi connectivity index (χ2n) is 7.00. The van der Waals surface area contributed by atoms with Gasteiger partial charge in [0.2, 0.25) is 11.2 Å². The number of halogens is 4. The summed E-state index contributed by atoms with van der Waals surface area (Å²) in [6.45, 7) is 3.60. The molecule has 0 saturated heterocycles. The van der Waals surface area contributed by atoms with Crippen molar-refractivity contribution in [3.63, 3.8) is 0 Å². The summed E-state index contributed by atoms with van der Waals surface area (Å²) >= 11 is 5.82. The monoisotopic (exact) mass is 452 g/mol. The number of rotatable bonds is 5. The van der Waals surface area contributed by atoms with Gasteiger partial charge in [0.05, 0.1) is 24.5 Å². The van der Waals surface area contributed by atoms with Gasteiger partial charge in [0.15, 0.2) is 11.3 Å². The van der Waals surface area contributed by atoms with Gasteiger partial charge in [-0.3, -0.25) is 4.57 Å². The Hall–Kier alpha value is -3.34. The van der Waals surface area contributed by atoms with Crippen LogP contribution in [0.15, 0.2) is 41.3 Å². The van der Waals surface area contributed by atoms with Crippen molar-refractivity contribution in [2.45, 2.75) is 32.7 Å². The molecule has 0 saturated carbocycles. The third-order valence-corrected chi connectivity index (χ3v) is 4.51. The highest BCUT2D eigenvalue weighted by Gasteiger charge is 2.35. The highest BCUT2D eigenvalue weighted by Crippen LogP contribution is 2.32. The summed E-state index contributed by atoms with van der Waals surface area (Å²) in [6.07, 6.45) is -3.52. The molecule has 0 aliphatic rings. The van der Waals surface area contributed by atoms with Gasteiger partial charge in [-0.25, -0.2) is 14.5 Å². The van der Waals surface area contributed by atoms with Crippen LogP contribution in [0.1, 0.15) is 25.1 Å². The molecule has 0 radical (unpaired) electrons. The molecule has 0 atom stereocenters. The maximum atomic E-state index is 13.1. The smallest absolute Gasteiger partial charge is 0.435 e. The lowest BCUT2D eigenvalue weighted by Crippen LogP contribution is -2.17.